The van der Waals surface area contributed by atoms with Crippen molar-refractivity contribution in [2.75, 3.05) is 19.6 Å². The van der Waals surface area contributed by atoms with Gasteiger partial charge < -0.3 is 19.5 Å². The molecular weight excluding hydrogens is 596 g/mol. The Labute approximate surface area is 273 Å². The maximum absolute atomic E-state index is 12.7. The fourth-order valence-corrected chi connectivity index (χ4v) is 7.41. The van der Waals surface area contributed by atoms with Gasteiger partial charge in [-0.25, -0.2) is 13.1 Å². The number of likely N-dealkylation sites (tertiary alicyclic amines) is 1. The number of sulfonamides is 1. The molecule has 4 aromatic rings. The van der Waals surface area contributed by atoms with Gasteiger partial charge >= 0.3 is 0 Å². The second-order valence-corrected chi connectivity index (χ2v) is 14.1. The van der Waals surface area contributed by atoms with Crippen LogP contribution in [-0.2, 0) is 32.6 Å². The summed E-state index contributed by atoms with van der Waals surface area (Å²) in [6, 6.07) is 32.7. The summed E-state index contributed by atoms with van der Waals surface area (Å²) in [7, 11) is -3.59. The molecule has 2 fully saturated rings. The first-order chi connectivity index (χ1) is 22.5. The topological polar surface area (TPSA) is 88.1 Å². The number of ether oxygens (including phenoxy) is 2. The SMILES string of the molecule is O=S(=O)(NCc1cccc(-c2ccc(C3OC(CN4CCCCCCC4)CC(c4ccc(CO)cc4)O3)cc2)c1)c1ccccc1. The van der Waals surface area contributed by atoms with Crippen LogP contribution in [0.4, 0.5) is 0 Å². The molecule has 2 aliphatic rings. The van der Waals surface area contributed by atoms with Gasteiger partial charge in [-0.2, -0.15) is 0 Å². The van der Waals surface area contributed by atoms with Gasteiger partial charge in [0.05, 0.1) is 23.7 Å². The van der Waals surface area contributed by atoms with Crippen molar-refractivity contribution in [3.05, 3.63) is 125 Å². The molecule has 4 aromatic carbocycles. The van der Waals surface area contributed by atoms with Crippen LogP contribution >= 0.6 is 0 Å². The van der Waals surface area contributed by atoms with Crippen LogP contribution in [0.15, 0.2) is 108 Å². The maximum atomic E-state index is 12.7. The van der Waals surface area contributed by atoms with Gasteiger partial charge in [0.15, 0.2) is 6.29 Å². The van der Waals surface area contributed by atoms with E-state index in [1.165, 1.54) is 32.1 Å². The van der Waals surface area contributed by atoms with Crippen LogP contribution in [-0.4, -0.2) is 44.2 Å². The third-order valence-corrected chi connectivity index (χ3v) is 10.4. The normalized spacial score (nSPS) is 21.4. The van der Waals surface area contributed by atoms with E-state index in [0.717, 1.165) is 59.4 Å². The Balaban J connectivity index is 1.16. The first kappa shape index (κ1) is 32.6. The molecule has 3 unspecified atom stereocenters. The quantitative estimate of drug-likeness (QED) is 0.192. The van der Waals surface area contributed by atoms with Crippen molar-refractivity contribution >= 4 is 10.0 Å². The molecular formula is C38H44N2O5S. The predicted octanol–water partition coefficient (Wildman–Crippen LogP) is 7.14. The molecule has 3 atom stereocenters. The van der Waals surface area contributed by atoms with Gasteiger partial charge in [-0.15, -0.1) is 0 Å². The van der Waals surface area contributed by atoms with Gasteiger partial charge in [0, 0.05) is 25.1 Å². The number of aliphatic hydroxyl groups excluding tert-OH is 1. The Morgan fingerprint density at radius 3 is 2.13 bits per heavy atom. The molecule has 0 aliphatic carbocycles. The van der Waals surface area contributed by atoms with Crippen LogP contribution in [0.25, 0.3) is 11.1 Å². The van der Waals surface area contributed by atoms with Crippen molar-refractivity contribution in [1.29, 1.82) is 0 Å². The molecule has 7 nitrogen and oxygen atoms in total. The van der Waals surface area contributed by atoms with Crippen molar-refractivity contribution in [2.24, 2.45) is 0 Å². The van der Waals surface area contributed by atoms with Crippen LogP contribution in [0, 0.1) is 0 Å². The van der Waals surface area contributed by atoms with Crippen molar-refractivity contribution in [3.8, 4) is 11.1 Å². The Hall–Kier alpha value is -3.37. The minimum atomic E-state index is -3.59. The van der Waals surface area contributed by atoms with Gasteiger partial charge in [0.1, 0.15) is 0 Å². The average molecular weight is 641 g/mol. The Bertz CT molecular complexity index is 1640. The highest BCUT2D eigenvalue weighted by Crippen LogP contribution is 2.39. The molecule has 0 aromatic heterocycles. The fraction of sp³-hybridized carbons (Fsp3) is 0.368. The molecule has 6 rings (SSSR count). The number of rotatable bonds is 10. The van der Waals surface area contributed by atoms with Gasteiger partial charge in [-0.05, 0) is 71.9 Å². The molecule has 0 spiro atoms. The molecule has 2 saturated heterocycles. The van der Waals surface area contributed by atoms with E-state index in [-0.39, 0.29) is 30.3 Å². The van der Waals surface area contributed by atoms with Crippen molar-refractivity contribution in [1.82, 2.24) is 9.62 Å². The van der Waals surface area contributed by atoms with Gasteiger partial charge in [-0.1, -0.05) is 104 Å². The minimum absolute atomic E-state index is 0.0215. The lowest BCUT2D eigenvalue weighted by Crippen LogP contribution is -2.40. The lowest BCUT2D eigenvalue weighted by atomic mass is 9.98. The first-order valence-electron chi connectivity index (χ1n) is 16.4. The molecule has 242 valence electrons. The Morgan fingerprint density at radius 1 is 0.717 bits per heavy atom. The third kappa shape index (κ3) is 8.50. The standard InChI is InChI=1S/C38H44N2O5S/c41-28-29-14-16-32(17-15-29)37-25-35(27-40-22-7-2-1-3-8-23-40)44-38(45-37)33-20-18-31(19-21-33)34-11-9-10-30(24-34)26-39-46(42,43)36-12-5-4-6-13-36/h4-6,9-21,24,35,37-39,41H,1-3,7-8,22-23,25-28H2. The number of benzene rings is 4. The van der Waals surface area contributed by atoms with E-state index < -0.39 is 16.3 Å². The minimum Gasteiger partial charge on any atom is -0.392 e. The fourth-order valence-electron chi connectivity index (χ4n) is 6.37. The lowest BCUT2D eigenvalue weighted by Gasteiger charge is -2.38. The summed E-state index contributed by atoms with van der Waals surface area (Å²) < 4.78 is 41.4. The van der Waals surface area contributed by atoms with E-state index >= 15 is 0 Å². The molecule has 0 amide bonds. The predicted molar refractivity (Wildman–Crippen MR) is 180 cm³/mol. The average Bonchev–Trinajstić information content (AvgIpc) is 3.09. The van der Waals surface area contributed by atoms with E-state index in [4.69, 9.17) is 9.47 Å². The first-order valence-corrected chi connectivity index (χ1v) is 17.9. The van der Waals surface area contributed by atoms with Crippen LogP contribution in [0.5, 0.6) is 0 Å². The summed E-state index contributed by atoms with van der Waals surface area (Å²) in [5.74, 6) is 0. The van der Waals surface area contributed by atoms with Gasteiger partial charge in [-0.3, -0.25) is 0 Å². The van der Waals surface area contributed by atoms with E-state index in [0.29, 0.717) is 0 Å². The summed E-state index contributed by atoms with van der Waals surface area (Å²) in [6.45, 7) is 3.34. The van der Waals surface area contributed by atoms with Crippen molar-refractivity contribution < 1.29 is 23.0 Å². The number of hydrogen-bond donors (Lipinski definition) is 2. The molecule has 2 N–H and O–H groups in total. The molecule has 2 aliphatic heterocycles. The molecule has 0 radical (unpaired) electrons. The van der Waals surface area contributed by atoms with Crippen LogP contribution in [0.3, 0.4) is 0 Å². The summed E-state index contributed by atoms with van der Waals surface area (Å²) in [5, 5.41) is 9.53. The lowest BCUT2D eigenvalue weighted by molar-refractivity contribution is -0.253. The maximum Gasteiger partial charge on any atom is 0.240 e. The largest absolute Gasteiger partial charge is 0.392 e. The summed E-state index contributed by atoms with van der Waals surface area (Å²) in [4.78, 5) is 2.82. The van der Waals surface area contributed by atoms with Crippen LogP contribution < -0.4 is 4.72 Å². The highest BCUT2D eigenvalue weighted by molar-refractivity contribution is 7.89. The molecule has 46 heavy (non-hydrogen) atoms. The highest BCUT2D eigenvalue weighted by Gasteiger charge is 2.33. The number of nitrogens with one attached hydrogen (secondary N) is 1. The summed E-state index contributed by atoms with van der Waals surface area (Å²) in [5.41, 5.74) is 5.86. The second kappa shape index (κ2) is 15.5. The number of aliphatic hydroxyl groups is 1. The van der Waals surface area contributed by atoms with Crippen LogP contribution in [0.2, 0.25) is 0 Å². The summed E-state index contributed by atoms with van der Waals surface area (Å²) in [6.07, 6.45) is 6.62. The van der Waals surface area contributed by atoms with Gasteiger partial charge in [0.2, 0.25) is 10.0 Å². The van der Waals surface area contributed by atoms with E-state index in [1.54, 1.807) is 30.3 Å². The smallest absolute Gasteiger partial charge is 0.240 e. The number of nitrogens with zero attached hydrogens (tertiary/aromatic N) is 1. The molecule has 8 heteroatoms. The molecule has 0 saturated carbocycles. The zero-order valence-electron chi connectivity index (χ0n) is 26.3. The van der Waals surface area contributed by atoms with Crippen molar-refractivity contribution in [2.45, 2.75) is 75.1 Å². The van der Waals surface area contributed by atoms with E-state index in [9.17, 15) is 13.5 Å². The monoisotopic (exact) mass is 640 g/mol. The second-order valence-electron chi connectivity index (χ2n) is 12.4. The summed E-state index contributed by atoms with van der Waals surface area (Å²) >= 11 is 0. The Morgan fingerprint density at radius 2 is 1.41 bits per heavy atom. The molecule has 0 bridgehead atoms. The van der Waals surface area contributed by atoms with Crippen molar-refractivity contribution in [3.63, 3.8) is 0 Å². The third-order valence-electron chi connectivity index (χ3n) is 8.99. The molecule has 2 heterocycles. The zero-order valence-corrected chi connectivity index (χ0v) is 27.1. The number of hydrogen-bond acceptors (Lipinski definition) is 6. The van der Waals surface area contributed by atoms with E-state index in [1.807, 2.05) is 36.4 Å². The zero-order chi connectivity index (χ0) is 31.8. The van der Waals surface area contributed by atoms with Crippen LogP contribution in [0.1, 0.15) is 73.2 Å². The van der Waals surface area contributed by atoms with Gasteiger partial charge in [0.25, 0.3) is 0 Å². The Kier molecular flexibility index (Phi) is 11.0. The highest BCUT2D eigenvalue weighted by atomic mass is 32.2. The van der Waals surface area contributed by atoms with E-state index in [2.05, 4.69) is 46.0 Å².